The van der Waals surface area contributed by atoms with E-state index in [2.05, 4.69) is 20.2 Å². The molecule has 2 fully saturated rings. The fraction of sp³-hybridized carbons (Fsp3) is 0.462. The quantitative estimate of drug-likeness (QED) is 0.384. The van der Waals surface area contributed by atoms with Crippen molar-refractivity contribution in [1.82, 2.24) is 14.9 Å². The second-order valence-electron chi connectivity index (χ2n) is 9.00. The van der Waals surface area contributed by atoms with Gasteiger partial charge in [0, 0.05) is 30.8 Å². The number of aromatic nitrogens is 2. The number of rotatable bonds is 9. The van der Waals surface area contributed by atoms with Crippen molar-refractivity contribution in [2.45, 2.75) is 38.2 Å². The van der Waals surface area contributed by atoms with Gasteiger partial charge >= 0.3 is 0 Å². The Kier molecular flexibility index (Phi) is 7.81. The van der Waals surface area contributed by atoms with Gasteiger partial charge in [0.05, 0.1) is 35.7 Å². The predicted molar refractivity (Wildman–Crippen MR) is 134 cm³/mol. The normalized spacial score (nSPS) is 18.6. The third-order valence-corrected chi connectivity index (χ3v) is 6.66. The van der Waals surface area contributed by atoms with Crippen LogP contribution in [0.4, 0.5) is 15.9 Å². The Morgan fingerprint density at radius 3 is 2.83 bits per heavy atom. The average molecular weight is 501 g/mol. The Balaban J connectivity index is 1.37. The number of nitrogens with zero attached hydrogens (tertiary/aromatic N) is 3. The van der Waals surface area contributed by atoms with Crippen molar-refractivity contribution in [2.24, 2.45) is 0 Å². The molecule has 2 saturated heterocycles. The highest BCUT2D eigenvalue weighted by atomic mass is 35.5. The molecular weight excluding hydrogens is 471 g/mol. The Hall–Kier alpha value is -2.68. The van der Waals surface area contributed by atoms with Gasteiger partial charge in [-0.05, 0) is 50.6 Å². The maximum Gasteiger partial charge on any atom is 0.145 e. The van der Waals surface area contributed by atoms with Gasteiger partial charge in [0.15, 0.2) is 0 Å². The SMILES string of the molecule is Fc1ccc(Nc2ncnc3cc(OCCCN4CCCCC4)cc(OC4CCOC4)c23)cc1Cl. The zero-order valence-electron chi connectivity index (χ0n) is 19.6. The minimum absolute atomic E-state index is 0.0354. The first-order valence-corrected chi connectivity index (χ1v) is 12.6. The molecule has 1 unspecified atom stereocenters. The van der Waals surface area contributed by atoms with E-state index in [0.717, 1.165) is 24.8 Å². The Bertz CT molecular complexity index is 1150. The highest BCUT2D eigenvalue weighted by Gasteiger charge is 2.21. The van der Waals surface area contributed by atoms with Gasteiger partial charge in [-0.3, -0.25) is 0 Å². The van der Waals surface area contributed by atoms with Crippen LogP contribution in [-0.2, 0) is 4.74 Å². The van der Waals surface area contributed by atoms with Gasteiger partial charge in [0.25, 0.3) is 0 Å². The number of hydrogen-bond acceptors (Lipinski definition) is 7. The molecule has 186 valence electrons. The second-order valence-corrected chi connectivity index (χ2v) is 9.41. The van der Waals surface area contributed by atoms with Crippen LogP contribution in [0.3, 0.4) is 0 Å². The van der Waals surface area contributed by atoms with Crippen LogP contribution in [0.15, 0.2) is 36.7 Å². The zero-order chi connectivity index (χ0) is 24.0. The molecule has 1 N–H and O–H groups in total. The molecule has 0 amide bonds. The lowest BCUT2D eigenvalue weighted by molar-refractivity contribution is 0.142. The largest absolute Gasteiger partial charge is 0.493 e. The number of ether oxygens (including phenoxy) is 3. The van der Waals surface area contributed by atoms with Crippen LogP contribution in [0.25, 0.3) is 10.9 Å². The first-order chi connectivity index (χ1) is 17.2. The molecule has 9 heteroatoms. The number of likely N-dealkylation sites (tertiary alicyclic amines) is 1. The molecular formula is C26H30ClFN4O3. The lowest BCUT2D eigenvalue weighted by atomic mass is 10.1. The Morgan fingerprint density at radius 1 is 1.14 bits per heavy atom. The van der Waals surface area contributed by atoms with Gasteiger partial charge in [-0.15, -0.1) is 0 Å². The van der Waals surface area contributed by atoms with Gasteiger partial charge in [-0.25, -0.2) is 14.4 Å². The molecule has 0 bridgehead atoms. The predicted octanol–water partition coefficient (Wildman–Crippen LogP) is 5.59. The van der Waals surface area contributed by atoms with Crippen LogP contribution >= 0.6 is 11.6 Å². The third-order valence-electron chi connectivity index (χ3n) is 6.38. The molecule has 2 aliphatic rings. The van der Waals surface area contributed by atoms with E-state index in [1.165, 1.54) is 50.8 Å². The molecule has 7 nitrogen and oxygen atoms in total. The molecule has 0 radical (unpaired) electrons. The summed E-state index contributed by atoms with van der Waals surface area (Å²) in [7, 11) is 0. The van der Waals surface area contributed by atoms with Crippen LogP contribution in [-0.4, -0.2) is 60.4 Å². The minimum Gasteiger partial charge on any atom is -0.493 e. The number of benzene rings is 2. The summed E-state index contributed by atoms with van der Waals surface area (Å²) in [6.45, 7) is 5.25. The highest BCUT2D eigenvalue weighted by Crippen LogP contribution is 2.37. The third kappa shape index (κ3) is 6.12. The molecule has 1 aromatic heterocycles. The molecule has 3 aromatic rings. The van der Waals surface area contributed by atoms with Crippen molar-refractivity contribution in [3.8, 4) is 11.5 Å². The van der Waals surface area contributed by atoms with Crippen molar-refractivity contribution in [3.05, 3.63) is 47.5 Å². The molecule has 35 heavy (non-hydrogen) atoms. The van der Waals surface area contributed by atoms with Crippen molar-refractivity contribution in [3.63, 3.8) is 0 Å². The molecule has 5 rings (SSSR count). The van der Waals surface area contributed by atoms with Gasteiger partial charge < -0.3 is 24.4 Å². The molecule has 3 heterocycles. The van der Waals surface area contributed by atoms with Crippen LogP contribution in [0.2, 0.25) is 5.02 Å². The summed E-state index contributed by atoms with van der Waals surface area (Å²) in [4.78, 5) is 11.4. The van der Waals surface area contributed by atoms with E-state index in [0.29, 0.717) is 48.3 Å². The summed E-state index contributed by atoms with van der Waals surface area (Å²) < 4.78 is 31.6. The summed E-state index contributed by atoms with van der Waals surface area (Å²) in [5, 5.41) is 3.99. The topological polar surface area (TPSA) is 68.7 Å². The lowest BCUT2D eigenvalue weighted by Gasteiger charge is -2.26. The van der Waals surface area contributed by atoms with Gasteiger partial charge in [0.2, 0.25) is 0 Å². The molecule has 1 atom stereocenters. The van der Waals surface area contributed by atoms with E-state index >= 15 is 0 Å². The van der Waals surface area contributed by atoms with Crippen LogP contribution < -0.4 is 14.8 Å². The zero-order valence-corrected chi connectivity index (χ0v) is 20.4. The standard InChI is InChI=1S/C26H30ClFN4O3/c27-21-13-18(5-6-22(21)28)31-26-25-23(29-17-30-26)14-20(15-24(25)35-19-7-12-33-16-19)34-11-4-10-32-8-2-1-3-9-32/h5-6,13-15,17,19H,1-4,7-12,16H2,(H,29,30,31). The maximum atomic E-state index is 13.6. The molecule has 0 aliphatic carbocycles. The van der Waals surface area contributed by atoms with Crippen molar-refractivity contribution in [2.75, 3.05) is 44.8 Å². The van der Waals surface area contributed by atoms with Crippen LogP contribution in [0, 0.1) is 5.82 Å². The first-order valence-electron chi connectivity index (χ1n) is 12.3. The monoisotopic (exact) mass is 500 g/mol. The number of anilines is 2. The summed E-state index contributed by atoms with van der Waals surface area (Å²) in [5.41, 5.74) is 1.31. The van der Waals surface area contributed by atoms with Crippen LogP contribution in [0.1, 0.15) is 32.1 Å². The number of fused-ring (bicyclic) bond motifs is 1. The lowest BCUT2D eigenvalue weighted by Crippen LogP contribution is -2.31. The van der Waals surface area contributed by atoms with Gasteiger partial charge in [-0.2, -0.15) is 0 Å². The molecule has 2 aliphatic heterocycles. The van der Waals surface area contributed by atoms with Crippen molar-refractivity contribution in [1.29, 1.82) is 0 Å². The van der Waals surface area contributed by atoms with Crippen molar-refractivity contribution < 1.29 is 18.6 Å². The molecule has 0 saturated carbocycles. The second kappa shape index (κ2) is 11.4. The Labute approximate surface area is 209 Å². The number of halogens is 2. The van der Waals surface area contributed by atoms with E-state index in [1.807, 2.05) is 12.1 Å². The molecule has 0 spiro atoms. The summed E-state index contributed by atoms with van der Waals surface area (Å²) in [5.74, 6) is 1.40. The summed E-state index contributed by atoms with van der Waals surface area (Å²) >= 11 is 5.97. The molecule has 2 aromatic carbocycles. The van der Waals surface area contributed by atoms with E-state index in [9.17, 15) is 4.39 Å². The summed E-state index contributed by atoms with van der Waals surface area (Å²) in [6.07, 6.45) is 7.12. The Morgan fingerprint density at radius 2 is 2.03 bits per heavy atom. The smallest absolute Gasteiger partial charge is 0.145 e. The van der Waals surface area contributed by atoms with Gasteiger partial charge in [0.1, 0.15) is 35.6 Å². The average Bonchev–Trinajstić information content (AvgIpc) is 3.38. The summed E-state index contributed by atoms with van der Waals surface area (Å²) in [6, 6.07) is 8.25. The fourth-order valence-corrected chi connectivity index (χ4v) is 4.74. The highest BCUT2D eigenvalue weighted by molar-refractivity contribution is 6.31. The van der Waals surface area contributed by atoms with E-state index < -0.39 is 5.82 Å². The first kappa shape index (κ1) is 24.0. The van der Waals surface area contributed by atoms with E-state index in [4.69, 9.17) is 25.8 Å². The maximum absolute atomic E-state index is 13.6. The van der Waals surface area contributed by atoms with E-state index in [1.54, 1.807) is 6.07 Å². The van der Waals surface area contributed by atoms with E-state index in [-0.39, 0.29) is 11.1 Å². The fourth-order valence-electron chi connectivity index (χ4n) is 4.56. The van der Waals surface area contributed by atoms with Crippen LogP contribution in [0.5, 0.6) is 11.5 Å². The number of hydrogen-bond donors (Lipinski definition) is 1. The number of piperidine rings is 1. The van der Waals surface area contributed by atoms with Crippen molar-refractivity contribution >= 4 is 34.0 Å². The number of nitrogens with one attached hydrogen (secondary N) is 1. The van der Waals surface area contributed by atoms with Gasteiger partial charge in [-0.1, -0.05) is 18.0 Å². The minimum atomic E-state index is -0.475.